The monoisotopic (exact) mass is 432 g/mol. The summed E-state index contributed by atoms with van der Waals surface area (Å²) < 4.78 is 15.3. The highest BCUT2D eigenvalue weighted by Gasteiger charge is 2.29. The first-order valence-corrected chi connectivity index (χ1v) is 10.5. The van der Waals surface area contributed by atoms with Crippen LogP contribution in [0.3, 0.4) is 0 Å². The molecule has 0 saturated heterocycles. The van der Waals surface area contributed by atoms with Gasteiger partial charge in [-0.3, -0.25) is 4.79 Å². The molecule has 0 radical (unpaired) electrons. The zero-order chi connectivity index (χ0) is 21.7. The quantitative estimate of drug-likeness (QED) is 0.670. The van der Waals surface area contributed by atoms with Crippen LogP contribution in [0.1, 0.15) is 51.4 Å². The number of nitrogens with zero attached hydrogens (tertiary/aromatic N) is 1. The van der Waals surface area contributed by atoms with E-state index in [1.54, 1.807) is 13.0 Å². The van der Waals surface area contributed by atoms with Gasteiger partial charge in [-0.1, -0.05) is 6.92 Å². The van der Waals surface area contributed by atoms with Gasteiger partial charge < -0.3 is 19.5 Å². The van der Waals surface area contributed by atoms with Crippen molar-refractivity contribution in [3.63, 3.8) is 0 Å². The average molecular weight is 432 g/mol. The van der Waals surface area contributed by atoms with Gasteiger partial charge in [-0.25, -0.2) is 14.6 Å². The molecule has 3 rings (SSSR count). The summed E-state index contributed by atoms with van der Waals surface area (Å²) >= 11 is 1.37. The van der Waals surface area contributed by atoms with Crippen molar-refractivity contribution in [3.8, 4) is 5.88 Å². The second kappa shape index (κ2) is 9.71. The minimum Gasteiger partial charge on any atom is -0.477 e. The number of carbonyl (C=O) groups is 3. The highest BCUT2D eigenvalue weighted by molar-refractivity contribution is 7.17. The molecule has 2 heterocycles. The van der Waals surface area contributed by atoms with E-state index in [-0.39, 0.29) is 11.4 Å². The Morgan fingerprint density at radius 1 is 1.30 bits per heavy atom. The predicted molar refractivity (Wildman–Crippen MR) is 111 cm³/mol. The molecule has 2 aromatic rings. The molecule has 1 amide bonds. The number of methoxy groups -OCH3 is 1. The smallest absolute Gasteiger partial charge is 0.344 e. The summed E-state index contributed by atoms with van der Waals surface area (Å²) in [6, 6.07) is 3.10. The van der Waals surface area contributed by atoms with Gasteiger partial charge in [-0.15, -0.1) is 11.3 Å². The van der Waals surface area contributed by atoms with Crippen LogP contribution in [-0.4, -0.2) is 43.2 Å². The zero-order valence-electron chi connectivity index (χ0n) is 17.1. The normalized spacial score (nSPS) is 15.1. The third-order valence-electron chi connectivity index (χ3n) is 4.76. The lowest BCUT2D eigenvalue weighted by Crippen LogP contribution is -2.22. The zero-order valence-corrected chi connectivity index (χ0v) is 18.0. The molecule has 1 unspecified atom stereocenters. The molecule has 30 heavy (non-hydrogen) atoms. The van der Waals surface area contributed by atoms with Gasteiger partial charge in [0.15, 0.2) is 6.61 Å². The fourth-order valence-electron chi connectivity index (χ4n) is 3.33. The SMILES string of the molecule is CCOc1ncccc1C(=O)OCC(=O)Nc1sc2c(c1C(=O)OC)CCC(C)C2. The van der Waals surface area contributed by atoms with Crippen molar-refractivity contribution < 1.29 is 28.6 Å². The fraction of sp³-hybridized carbons (Fsp3) is 0.429. The van der Waals surface area contributed by atoms with Crippen molar-refractivity contribution >= 4 is 34.2 Å². The molecular weight excluding hydrogens is 408 g/mol. The molecule has 160 valence electrons. The van der Waals surface area contributed by atoms with Crippen LogP contribution in [0.5, 0.6) is 5.88 Å². The van der Waals surface area contributed by atoms with Gasteiger partial charge in [-0.2, -0.15) is 0 Å². The average Bonchev–Trinajstić information content (AvgIpc) is 3.08. The Morgan fingerprint density at radius 3 is 2.83 bits per heavy atom. The van der Waals surface area contributed by atoms with Gasteiger partial charge in [0.05, 0.1) is 19.3 Å². The molecule has 1 aliphatic rings. The van der Waals surface area contributed by atoms with Crippen LogP contribution >= 0.6 is 11.3 Å². The summed E-state index contributed by atoms with van der Waals surface area (Å²) in [5.74, 6) is -1.06. The van der Waals surface area contributed by atoms with Crippen molar-refractivity contribution in [1.29, 1.82) is 0 Å². The summed E-state index contributed by atoms with van der Waals surface area (Å²) in [5, 5.41) is 3.13. The number of thiophene rings is 1. The maximum atomic E-state index is 12.4. The largest absolute Gasteiger partial charge is 0.477 e. The van der Waals surface area contributed by atoms with Crippen LogP contribution in [0.4, 0.5) is 5.00 Å². The summed E-state index contributed by atoms with van der Waals surface area (Å²) in [6.07, 6.45) is 4.10. The number of hydrogen-bond donors (Lipinski definition) is 1. The van der Waals surface area contributed by atoms with Gasteiger partial charge in [0.25, 0.3) is 5.91 Å². The molecule has 0 fully saturated rings. The lowest BCUT2D eigenvalue weighted by Gasteiger charge is -2.18. The molecule has 0 bridgehead atoms. The van der Waals surface area contributed by atoms with Gasteiger partial charge in [0, 0.05) is 11.1 Å². The van der Waals surface area contributed by atoms with E-state index in [1.807, 2.05) is 0 Å². The Balaban J connectivity index is 1.69. The molecule has 0 saturated carbocycles. The van der Waals surface area contributed by atoms with Gasteiger partial charge >= 0.3 is 11.9 Å². The number of pyridine rings is 1. The maximum Gasteiger partial charge on any atom is 0.344 e. The van der Waals surface area contributed by atoms with Crippen molar-refractivity contribution in [2.45, 2.75) is 33.1 Å². The number of ether oxygens (including phenoxy) is 3. The Kier molecular flexibility index (Phi) is 7.04. The summed E-state index contributed by atoms with van der Waals surface area (Å²) in [5.41, 5.74) is 1.48. The van der Waals surface area contributed by atoms with E-state index in [0.29, 0.717) is 23.1 Å². The van der Waals surface area contributed by atoms with E-state index in [2.05, 4.69) is 17.2 Å². The molecule has 0 spiro atoms. The van der Waals surface area contributed by atoms with E-state index in [9.17, 15) is 14.4 Å². The molecule has 1 aliphatic carbocycles. The van der Waals surface area contributed by atoms with Crippen molar-refractivity contribution in [2.75, 3.05) is 25.6 Å². The van der Waals surface area contributed by atoms with E-state index < -0.39 is 24.5 Å². The second-order valence-electron chi connectivity index (χ2n) is 6.96. The topological polar surface area (TPSA) is 104 Å². The number of hydrogen-bond acceptors (Lipinski definition) is 8. The highest BCUT2D eigenvalue weighted by atomic mass is 32.1. The number of esters is 2. The second-order valence-corrected chi connectivity index (χ2v) is 8.07. The van der Waals surface area contributed by atoms with E-state index in [0.717, 1.165) is 29.7 Å². The lowest BCUT2D eigenvalue weighted by atomic mass is 9.88. The minimum absolute atomic E-state index is 0.142. The standard InChI is InChI=1S/C21H24N2O6S/c1-4-28-18-14(6-5-9-22-18)20(25)29-11-16(24)23-19-17(21(26)27-3)13-8-7-12(2)10-15(13)30-19/h5-6,9,12H,4,7-8,10-11H2,1-3H3,(H,23,24). The Hall–Kier alpha value is -2.94. The molecule has 0 aliphatic heterocycles. The third-order valence-corrected chi connectivity index (χ3v) is 5.93. The van der Waals surface area contributed by atoms with E-state index in [4.69, 9.17) is 14.2 Å². The molecule has 2 aromatic heterocycles. The molecule has 9 heteroatoms. The first kappa shape index (κ1) is 21.8. The van der Waals surface area contributed by atoms with Crippen LogP contribution in [0, 0.1) is 5.92 Å². The summed E-state index contributed by atoms with van der Waals surface area (Å²) in [7, 11) is 1.31. The van der Waals surface area contributed by atoms with Crippen LogP contribution in [0.2, 0.25) is 0 Å². The van der Waals surface area contributed by atoms with Gasteiger partial charge in [0.1, 0.15) is 10.6 Å². The first-order valence-electron chi connectivity index (χ1n) is 9.72. The lowest BCUT2D eigenvalue weighted by molar-refractivity contribution is -0.119. The Bertz CT molecular complexity index is 955. The molecule has 8 nitrogen and oxygen atoms in total. The molecule has 1 N–H and O–H groups in total. The third kappa shape index (κ3) is 4.79. The number of rotatable bonds is 7. The highest BCUT2D eigenvalue weighted by Crippen LogP contribution is 2.40. The number of aromatic nitrogens is 1. The molecule has 1 atom stereocenters. The molecular formula is C21H24N2O6S. The van der Waals surface area contributed by atoms with Crippen LogP contribution in [0.25, 0.3) is 0 Å². The van der Waals surface area contributed by atoms with Crippen LogP contribution in [0.15, 0.2) is 18.3 Å². The van der Waals surface area contributed by atoms with Gasteiger partial charge in [-0.05, 0) is 49.8 Å². The van der Waals surface area contributed by atoms with Crippen molar-refractivity contribution in [2.24, 2.45) is 5.92 Å². The fourth-order valence-corrected chi connectivity index (χ4v) is 4.74. The molecule has 0 aromatic carbocycles. The minimum atomic E-state index is -0.714. The Morgan fingerprint density at radius 2 is 2.10 bits per heavy atom. The summed E-state index contributed by atoms with van der Waals surface area (Å²) in [4.78, 5) is 42.1. The number of carbonyl (C=O) groups excluding carboxylic acids is 3. The van der Waals surface area contributed by atoms with Crippen LogP contribution in [-0.2, 0) is 27.1 Å². The van der Waals surface area contributed by atoms with E-state index in [1.165, 1.54) is 30.7 Å². The number of fused-ring (bicyclic) bond motifs is 1. The number of anilines is 1. The number of amides is 1. The van der Waals surface area contributed by atoms with Crippen molar-refractivity contribution in [1.82, 2.24) is 4.98 Å². The Labute approximate surface area is 178 Å². The number of nitrogens with one attached hydrogen (secondary N) is 1. The van der Waals surface area contributed by atoms with Gasteiger partial charge in [0.2, 0.25) is 5.88 Å². The van der Waals surface area contributed by atoms with Crippen LogP contribution < -0.4 is 10.1 Å². The maximum absolute atomic E-state index is 12.4. The predicted octanol–water partition coefficient (Wildman–Crippen LogP) is 3.25. The first-order chi connectivity index (χ1) is 14.4. The van der Waals surface area contributed by atoms with Crippen molar-refractivity contribution in [3.05, 3.63) is 39.9 Å². The summed E-state index contributed by atoms with van der Waals surface area (Å²) in [6.45, 7) is 3.78. The van der Waals surface area contributed by atoms with E-state index >= 15 is 0 Å².